The minimum Gasteiger partial charge on any atom is -0.503 e. The van der Waals surface area contributed by atoms with Crippen LogP contribution in [0.4, 0.5) is 5.69 Å². The summed E-state index contributed by atoms with van der Waals surface area (Å²) >= 11 is 0. The topological polar surface area (TPSA) is 100 Å². The largest absolute Gasteiger partial charge is 0.503 e. The van der Waals surface area contributed by atoms with Crippen LogP contribution in [0.2, 0.25) is 0 Å². The van der Waals surface area contributed by atoms with Crippen molar-refractivity contribution >= 4 is 17.4 Å². The third-order valence-corrected chi connectivity index (χ3v) is 5.65. The predicted octanol–water partition coefficient (Wildman–Crippen LogP) is 4.83. The maximum atomic E-state index is 13.4. The van der Waals surface area contributed by atoms with E-state index in [9.17, 15) is 19.8 Å². The van der Waals surface area contributed by atoms with Crippen LogP contribution in [-0.2, 0) is 9.59 Å². The number of carbonyl (C=O) groups is 2. The summed E-state index contributed by atoms with van der Waals surface area (Å²) in [5.41, 5.74) is 1.06. The molecule has 0 spiro atoms. The number of aliphatic hydroxyl groups excluding tert-OH is 2. The fourth-order valence-corrected chi connectivity index (χ4v) is 4.02. The number of furan rings is 1. The zero-order valence-electron chi connectivity index (χ0n) is 19.3. The average Bonchev–Trinajstić information content (AvgIpc) is 3.44. The van der Waals surface area contributed by atoms with Crippen molar-refractivity contribution < 1.29 is 29.0 Å². The number of hydrogen-bond donors (Lipinski definition) is 2. The summed E-state index contributed by atoms with van der Waals surface area (Å²) in [5.74, 6) is -0.476. The Kier molecular flexibility index (Phi) is 6.30. The highest BCUT2D eigenvalue weighted by Gasteiger charge is 2.47. The first-order valence-electron chi connectivity index (χ1n) is 11.0. The molecule has 2 N–H and O–H groups in total. The van der Waals surface area contributed by atoms with Crippen molar-refractivity contribution in [2.24, 2.45) is 5.41 Å². The molecule has 1 aromatic heterocycles. The second-order valence-corrected chi connectivity index (χ2v) is 9.05. The van der Waals surface area contributed by atoms with Gasteiger partial charge >= 0.3 is 0 Å². The zero-order valence-corrected chi connectivity index (χ0v) is 19.3. The first-order valence-corrected chi connectivity index (χ1v) is 11.0. The first kappa shape index (κ1) is 23.3. The molecule has 4 rings (SSSR count). The molecule has 0 saturated carbocycles. The van der Waals surface area contributed by atoms with Crippen molar-refractivity contribution in [3.8, 4) is 17.1 Å². The van der Waals surface area contributed by atoms with Crippen LogP contribution in [0, 0.1) is 5.41 Å². The molecule has 7 nitrogen and oxygen atoms in total. The second-order valence-electron chi connectivity index (χ2n) is 9.05. The lowest BCUT2D eigenvalue weighted by molar-refractivity contribution is -0.123. The van der Waals surface area contributed by atoms with E-state index in [-0.39, 0.29) is 24.6 Å². The molecular weight excluding hydrogens is 434 g/mol. The van der Waals surface area contributed by atoms with E-state index in [1.54, 1.807) is 69.5 Å². The fraction of sp³-hybridized carbons (Fsp3) is 0.259. The first-order chi connectivity index (χ1) is 16.2. The normalized spacial score (nSPS) is 16.3. The molecule has 0 bridgehead atoms. The monoisotopic (exact) mass is 461 g/mol. The summed E-state index contributed by atoms with van der Waals surface area (Å²) < 4.78 is 11.2. The highest BCUT2D eigenvalue weighted by Crippen LogP contribution is 2.46. The van der Waals surface area contributed by atoms with Gasteiger partial charge in [-0.15, -0.1) is 0 Å². The SMILES string of the molecule is CC(C)(C)C(=O)C1=C(O)C(=O)N(c2ccc(-c3ccco3)cc2)C1c1ccccc1OCCO. The Morgan fingerprint density at radius 1 is 1.06 bits per heavy atom. The minimum absolute atomic E-state index is 0.0210. The lowest BCUT2D eigenvalue weighted by Crippen LogP contribution is -2.33. The highest BCUT2D eigenvalue weighted by atomic mass is 16.5. The Balaban J connectivity index is 1.84. The van der Waals surface area contributed by atoms with Crippen LogP contribution in [0.25, 0.3) is 11.3 Å². The van der Waals surface area contributed by atoms with Crippen LogP contribution in [-0.4, -0.2) is 35.1 Å². The van der Waals surface area contributed by atoms with Crippen LogP contribution < -0.4 is 9.64 Å². The molecule has 0 radical (unpaired) electrons. The Morgan fingerprint density at radius 2 is 1.76 bits per heavy atom. The summed E-state index contributed by atoms with van der Waals surface area (Å²) in [7, 11) is 0. The lowest BCUT2D eigenvalue weighted by atomic mass is 9.82. The number of rotatable bonds is 7. The van der Waals surface area contributed by atoms with Gasteiger partial charge in [0, 0.05) is 22.2 Å². The van der Waals surface area contributed by atoms with Crippen molar-refractivity contribution in [1.82, 2.24) is 0 Å². The van der Waals surface area contributed by atoms with Crippen molar-refractivity contribution in [3.05, 3.63) is 83.8 Å². The van der Waals surface area contributed by atoms with E-state index in [1.165, 1.54) is 4.90 Å². The van der Waals surface area contributed by atoms with Crippen LogP contribution in [0.3, 0.4) is 0 Å². The van der Waals surface area contributed by atoms with E-state index in [2.05, 4.69) is 0 Å². The van der Waals surface area contributed by atoms with E-state index < -0.39 is 23.1 Å². The van der Waals surface area contributed by atoms with E-state index in [4.69, 9.17) is 9.15 Å². The van der Waals surface area contributed by atoms with Gasteiger partial charge in [0.2, 0.25) is 0 Å². The summed E-state index contributed by atoms with van der Waals surface area (Å²) in [6.45, 7) is 5.09. The number of amides is 1. The zero-order chi connectivity index (χ0) is 24.5. The standard InChI is InChI=1S/C27H27NO6/c1-27(2,3)25(31)22-23(19-7-4-5-8-21(19)34-16-14-29)28(26(32)24(22)30)18-12-10-17(11-13-18)20-9-6-15-33-20/h4-13,15,23,29-30H,14,16H2,1-3H3. The maximum absolute atomic E-state index is 13.4. The summed E-state index contributed by atoms with van der Waals surface area (Å²) in [6, 6.07) is 16.9. The van der Waals surface area contributed by atoms with Crippen LogP contribution >= 0.6 is 0 Å². The molecular formula is C27H27NO6. The van der Waals surface area contributed by atoms with Gasteiger partial charge in [0.25, 0.3) is 5.91 Å². The van der Waals surface area contributed by atoms with Crippen molar-refractivity contribution in [2.75, 3.05) is 18.1 Å². The van der Waals surface area contributed by atoms with Gasteiger partial charge < -0.3 is 19.4 Å². The Morgan fingerprint density at radius 3 is 2.38 bits per heavy atom. The molecule has 1 unspecified atom stereocenters. The number of hydrogen-bond acceptors (Lipinski definition) is 6. The third-order valence-electron chi connectivity index (χ3n) is 5.65. The number of aliphatic hydroxyl groups is 2. The highest BCUT2D eigenvalue weighted by molar-refractivity contribution is 6.17. The molecule has 2 heterocycles. The molecule has 2 aromatic carbocycles. The second kappa shape index (κ2) is 9.19. The van der Waals surface area contributed by atoms with E-state index in [0.717, 1.165) is 5.56 Å². The Labute approximate surface area is 197 Å². The number of ether oxygens (including phenoxy) is 1. The molecule has 3 aromatic rings. The van der Waals surface area contributed by atoms with Crippen molar-refractivity contribution in [2.45, 2.75) is 26.8 Å². The molecule has 1 aliphatic heterocycles. The number of carbonyl (C=O) groups excluding carboxylic acids is 2. The Hall–Kier alpha value is -3.84. The minimum atomic E-state index is -0.899. The van der Waals surface area contributed by atoms with E-state index in [1.807, 2.05) is 18.2 Å². The number of anilines is 1. The molecule has 176 valence electrons. The molecule has 0 saturated heterocycles. The van der Waals surface area contributed by atoms with Crippen molar-refractivity contribution in [3.63, 3.8) is 0 Å². The van der Waals surface area contributed by atoms with Gasteiger partial charge in [-0.25, -0.2) is 0 Å². The van der Waals surface area contributed by atoms with Gasteiger partial charge in [0.1, 0.15) is 18.1 Å². The van der Waals surface area contributed by atoms with Crippen LogP contribution in [0.1, 0.15) is 32.4 Å². The predicted molar refractivity (Wildman–Crippen MR) is 128 cm³/mol. The third kappa shape index (κ3) is 4.22. The van der Waals surface area contributed by atoms with Gasteiger partial charge in [-0.1, -0.05) is 39.0 Å². The maximum Gasteiger partial charge on any atom is 0.294 e. The van der Waals surface area contributed by atoms with Gasteiger partial charge in [0.15, 0.2) is 11.5 Å². The van der Waals surface area contributed by atoms with E-state index >= 15 is 0 Å². The van der Waals surface area contributed by atoms with Gasteiger partial charge in [-0.3, -0.25) is 14.5 Å². The summed E-state index contributed by atoms with van der Waals surface area (Å²) in [6.07, 6.45) is 1.58. The quantitative estimate of drug-likeness (QED) is 0.523. The van der Waals surface area contributed by atoms with Gasteiger partial charge in [-0.05, 0) is 42.5 Å². The van der Waals surface area contributed by atoms with Crippen LogP contribution in [0.15, 0.2) is 82.7 Å². The van der Waals surface area contributed by atoms with E-state index in [0.29, 0.717) is 22.8 Å². The molecule has 7 heteroatoms. The summed E-state index contributed by atoms with van der Waals surface area (Å²) in [5, 5.41) is 20.1. The fourth-order valence-electron chi connectivity index (χ4n) is 4.02. The molecule has 0 fully saturated rings. The smallest absolute Gasteiger partial charge is 0.294 e. The summed E-state index contributed by atoms with van der Waals surface area (Å²) in [4.78, 5) is 28.2. The van der Waals surface area contributed by atoms with Crippen LogP contribution in [0.5, 0.6) is 5.75 Å². The number of Topliss-reactive ketones (excluding diaryl/α,β-unsaturated/α-hetero) is 1. The van der Waals surface area contributed by atoms with Gasteiger partial charge in [-0.2, -0.15) is 0 Å². The van der Waals surface area contributed by atoms with Gasteiger partial charge in [0.05, 0.1) is 24.5 Å². The Bertz CT molecular complexity index is 1220. The average molecular weight is 462 g/mol. The number of nitrogens with zero attached hydrogens (tertiary/aromatic N) is 1. The number of para-hydroxylation sites is 1. The molecule has 1 amide bonds. The molecule has 34 heavy (non-hydrogen) atoms. The number of ketones is 1. The molecule has 1 atom stereocenters. The molecule has 1 aliphatic rings. The number of benzene rings is 2. The lowest BCUT2D eigenvalue weighted by Gasteiger charge is -2.30. The molecule has 0 aliphatic carbocycles. The van der Waals surface area contributed by atoms with Crippen molar-refractivity contribution in [1.29, 1.82) is 0 Å².